The van der Waals surface area contributed by atoms with Crippen LogP contribution in [-0.2, 0) is 6.42 Å². The van der Waals surface area contributed by atoms with Crippen molar-refractivity contribution in [2.45, 2.75) is 13.3 Å². The summed E-state index contributed by atoms with van der Waals surface area (Å²) in [7, 11) is 0. The molecule has 2 heterocycles. The Bertz CT molecular complexity index is 1080. The average molecular weight is 379 g/mol. The number of nitrogens with one attached hydrogen (secondary N) is 1. The number of aromatic nitrogens is 2. The van der Waals surface area contributed by atoms with Gasteiger partial charge in [0.15, 0.2) is 0 Å². The van der Waals surface area contributed by atoms with Gasteiger partial charge in [0.2, 0.25) is 0 Å². The van der Waals surface area contributed by atoms with Crippen LogP contribution < -0.4 is 5.32 Å². The summed E-state index contributed by atoms with van der Waals surface area (Å²) in [6.45, 7) is 2.49. The van der Waals surface area contributed by atoms with Crippen molar-refractivity contribution in [3.63, 3.8) is 0 Å². The summed E-state index contributed by atoms with van der Waals surface area (Å²) in [5.41, 5.74) is 2.80. The second-order valence-electron chi connectivity index (χ2n) is 6.29. The van der Waals surface area contributed by atoms with Crippen molar-refractivity contribution < 1.29 is 9.18 Å². The normalized spacial score (nSPS) is 11.0. The number of hydrogen-bond donors (Lipinski definition) is 1. The number of nitrogens with zero attached hydrogens (tertiary/aromatic N) is 2. The van der Waals surface area contributed by atoms with Gasteiger partial charge in [-0.05, 0) is 49.2 Å². The molecule has 1 amide bonds. The zero-order valence-electron chi connectivity index (χ0n) is 14.8. The molecule has 0 bridgehead atoms. The van der Waals surface area contributed by atoms with E-state index in [4.69, 9.17) is 0 Å². The molecule has 2 aromatic heterocycles. The molecule has 0 aliphatic heterocycles. The Morgan fingerprint density at radius 3 is 2.63 bits per heavy atom. The SMILES string of the molecule is Cc1nn(-c2ccc(F)cc2)c2sc(C(=O)NCCc3ccccc3)cc12. The Kier molecular flexibility index (Phi) is 4.73. The van der Waals surface area contributed by atoms with Gasteiger partial charge in [-0.3, -0.25) is 4.79 Å². The number of halogens is 1. The molecule has 4 rings (SSSR count). The highest BCUT2D eigenvalue weighted by Gasteiger charge is 2.17. The number of carbonyl (C=O) groups is 1. The van der Waals surface area contributed by atoms with Crippen molar-refractivity contribution in [2.24, 2.45) is 0 Å². The van der Waals surface area contributed by atoms with E-state index in [0.29, 0.717) is 11.4 Å². The van der Waals surface area contributed by atoms with Crippen LogP contribution in [0.1, 0.15) is 20.9 Å². The lowest BCUT2D eigenvalue weighted by Crippen LogP contribution is -2.24. The van der Waals surface area contributed by atoms with Crippen molar-refractivity contribution in [1.82, 2.24) is 15.1 Å². The summed E-state index contributed by atoms with van der Waals surface area (Å²) in [6, 6.07) is 18.1. The van der Waals surface area contributed by atoms with Crippen molar-refractivity contribution in [2.75, 3.05) is 6.54 Å². The average Bonchev–Trinajstić information content (AvgIpc) is 3.24. The first-order valence-corrected chi connectivity index (χ1v) is 9.51. The van der Waals surface area contributed by atoms with Gasteiger partial charge in [0.25, 0.3) is 5.91 Å². The van der Waals surface area contributed by atoms with Gasteiger partial charge in [0, 0.05) is 11.9 Å². The predicted molar refractivity (Wildman–Crippen MR) is 106 cm³/mol. The molecule has 4 nitrogen and oxygen atoms in total. The molecule has 0 atom stereocenters. The quantitative estimate of drug-likeness (QED) is 0.555. The maximum Gasteiger partial charge on any atom is 0.261 e. The van der Waals surface area contributed by atoms with Crippen LogP contribution in [0.4, 0.5) is 4.39 Å². The van der Waals surface area contributed by atoms with E-state index in [1.807, 2.05) is 43.3 Å². The van der Waals surface area contributed by atoms with E-state index < -0.39 is 0 Å². The number of fused-ring (bicyclic) bond motifs is 1. The largest absolute Gasteiger partial charge is 0.351 e. The molecule has 1 N–H and O–H groups in total. The van der Waals surface area contributed by atoms with E-state index in [1.54, 1.807) is 16.8 Å². The first-order valence-electron chi connectivity index (χ1n) is 8.69. The van der Waals surface area contributed by atoms with Crippen molar-refractivity contribution >= 4 is 27.5 Å². The number of thiophene rings is 1. The third kappa shape index (κ3) is 3.61. The molecule has 2 aromatic carbocycles. The Labute approximate surface area is 160 Å². The van der Waals surface area contributed by atoms with Gasteiger partial charge in [0.05, 0.1) is 16.3 Å². The fourth-order valence-electron chi connectivity index (χ4n) is 2.97. The van der Waals surface area contributed by atoms with E-state index in [-0.39, 0.29) is 11.7 Å². The first kappa shape index (κ1) is 17.4. The highest BCUT2D eigenvalue weighted by Crippen LogP contribution is 2.30. The fourth-order valence-corrected chi connectivity index (χ4v) is 4.07. The van der Waals surface area contributed by atoms with Crippen LogP contribution in [0.3, 0.4) is 0 Å². The number of benzene rings is 2. The fraction of sp³-hybridized carbons (Fsp3) is 0.143. The minimum Gasteiger partial charge on any atom is -0.351 e. The van der Waals surface area contributed by atoms with Crippen LogP contribution in [0.15, 0.2) is 60.7 Å². The van der Waals surface area contributed by atoms with Crippen LogP contribution in [0.5, 0.6) is 0 Å². The van der Waals surface area contributed by atoms with Gasteiger partial charge < -0.3 is 5.32 Å². The molecular weight excluding hydrogens is 361 g/mol. The molecular formula is C21H18FN3OS. The monoisotopic (exact) mass is 379 g/mol. The van der Waals surface area contributed by atoms with Crippen LogP contribution in [0, 0.1) is 12.7 Å². The summed E-state index contributed by atoms with van der Waals surface area (Å²) >= 11 is 1.39. The molecule has 136 valence electrons. The molecule has 4 aromatic rings. The topological polar surface area (TPSA) is 46.9 Å². The molecule has 0 aliphatic rings. The molecule has 6 heteroatoms. The van der Waals surface area contributed by atoms with Gasteiger partial charge in [-0.25, -0.2) is 9.07 Å². The minimum absolute atomic E-state index is 0.0859. The van der Waals surface area contributed by atoms with Crippen molar-refractivity contribution in [1.29, 1.82) is 0 Å². The summed E-state index contributed by atoms with van der Waals surface area (Å²) in [6.07, 6.45) is 0.792. The first-order chi connectivity index (χ1) is 13.1. The Hall–Kier alpha value is -2.99. The maximum absolute atomic E-state index is 13.2. The van der Waals surface area contributed by atoms with E-state index >= 15 is 0 Å². The van der Waals surface area contributed by atoms with Gasteiger partial charge in [0.1, 0.15) is 10.6 Å². The molecule has 0 saturated heterocycles. The molecule has 0 aliphatic carbocycles. The second-order valence-corrected chi connectivity index (χ2v) is 7.33. The molecule has 27 heavy (non-hydrogen) atoms. The zero-order valence-corrected chi connectivity index (χ0v) is 15.6. The smallest absolute Gasteiger partial charge is 0.261 e. The van der Waals surface area contributed by atoms with Gasteiger partial charge >= 0.3 is 0 Å². The second kappa shape index (κ2) is 7.32. The highest BCUT2D eigenvalue weighted by molar-refractivity contribution is 7.20. The lowest BCUT2D eigenvalue weighted by Gasteiger charge is -2.04. The summed E-state index contributed by atoms with van der Waals surface area (Å²) in [5, 5.41) is 8.44. The zero-order chi connectivity index (χ0) is 18.8. The maximum atomic E-state index is 13.2. The van der Waals surface area contributed by atoms with E-state index in [2.05, 4.69) is 10.4 Å². The van der Waals surface area contributed by atoms with Crippen LogP contribution >= 0.6 is 11.3 Å². The number of aryl methyl sites for hydroxylation is 1. The third-order valence-electron chi connectivity index (χ3n) is 4.38. The van der Waals surface area contributed by atoms with E-state index in [1.165, 1.54) is 29.0 Å². The molecule has 0 radical (unpaired) electrons. The molecule has 0 spiro atoms. The van der Waals surface area contributed by atoms with Gasteiger partial charge in [-0.1, -0.05) is 30.3 Å². The van der Waals surface area contributed by atoms with Gasteiger partial charge in [-0.15, -0.1) is 11.3 Å². The van der Waals surface area contributed by atoms with E-state index in [9.17, 15) is 9.18 Å². The molecule has 0 fully saturated rings. The van der Waals surface area contributed by atoms with Crippen LogP contribution in [-0.4, -0.2) is 22.2 Å². The van der Waals surface area contributed by atoms with Crippen LogP contribution in [0.25, 0.3) is 15.9 Å². The lowest BCUT2D eigenvalue weighted by atomic mass is 10.1. The Balaban J connectivity index is 1.53. The Morgan fingerprint density at radius 1 is 1.15 bits per heavy atom. The standard InChI is InChI=1S/C21H18FN3OS/c1-14-18-13-19(20(26)23-12-11-15-5-3-2-4-6-15)27-21(18)25(24-14)17-9-7-16(22)8-10-17/h2-10,13H,11-12H2,1H3,(H,23,26). The van der Waals surface area contributed by atoms with Crippen molar-refractivity contribution in [3.8, 4) is 5.69 Å². The third-order valence-corrected chi connectivity index (χ3v) is 5.49. The summed E-state index contributed by atoms with van der Waals surface area (Å²) in [4.78, 5) is 14.1. The molecule has 0 unspecified atom stereocenters. The predicted octanol–water partition coefficient (Wildman–Crippen LogP) is 4.51. The van der Waals surface area contributed by atoms with Crippen LogP contribution in [0.2, 0.25) is 0 Å². The minimum atomic E-state index is -0.288. The Morgan fingerprint density at radius 2 is 1.89 bits per heavy atom. The van der Waals surface area contributed by atoms with Crippen molar-refractivity contribution in [3.05, 3.63) is 82.6 Å². The number of rotatable bonds is 5. The summed E-state index contributed by atoms with van der Waals surface area (Å²) in [5.74, 6) is -0.374. The number of hydrogen-bond acceptors (Lipinski definition) is 3. The number of carbonyl (C=O) groups excluding carboxylic acids is 1. The highest BCUT2D eigenvalue weighted by atomic mass is 32.1. The molecule has 0 saturated carbocycles. The van der Waals surface area contributed by atoms with Gasteiger partial charge in [-0.2, -0.15) is 5.10 Å². The number of amides is 1. The lowest BCUT2D eigenvalue weighted by molar-refractivity contribution is 0.0958. The summed E-state index contributed by atoms with van der Waals surface area (Å²) < 4.78 is 15.0. The van der Waals surface area contributed by atoms with E-state index in [0.717, 1.165) is 28.0 Å².